The van der Waals surface area contributed by atoms with E-state index in [-0.39, 0.29) is 0 Å². The van der Waals surface area contributed by atoms with Crippen LogP contribution in [0.5, 0.6) is 0 Å². The van der Waals surface area contributed by atoms with Gasteiger partial charge in [0.25, 0.3) is 0 Å². The van der Waals surface area contributed by atoms with E-state index in [2.05, 4.69) is 15.6 Å². The second-order valence-corrected chi connectivity index (χ2v) is 2.85. The summed E-state index contributed by atoms with van der Waals surface area (Å²) in [6.45, 7) is 2.00. The highest BCUT2D eigenvalue weighted by atomic mass is 32.2. The average Bonchev–Trinajstić information content (AvgIpc) is 2.33. The van der Waals surface area contributed by atoms with Crippen molar-refractivity contribution in [1.29, 1.82) is 0 Å². The third-order valence-corrected chi connectivity index (χ3v) is 2.11. The van der Waals surface area contributed by atoms with Crippen LogP contribution in [0.4, 0.5) is 0 Å². The molecule has 0 radical (unpaired) electrons. The molecule has 1 aliphatic rings. The van der Waals surface area contributed by atoms with E-state index in [1.54, 1.807) is 22.8 Å². The summed E-state index contributed by atoms with van der Waals surface area (Å²) in [4.78, 5) is 0. The van der Waals surface area contributed by atoms with Crippen LogP contribution < -0.4 is 5.43 Å². The predicted octanol–water partition coefficient (Wildman–Crippen LogP) is 0.789. The van der Waals surface area contributed by atoms with Crippen LogP contribution in [-0.4, -0.2) is 14.9 Å². The SMILES string of the molecule is CC1=CSc2nncn2N1. The summed E-state index contributed by atoms with van der Waals surface area (Å²) in [6.07, 6.45) is 1.65. The first-order valence-electron chi connectivity index (χ1n) is 2.87. The number of hydrogen-bond acceptors (Lipinski definition) is 4. The first-order chi connectivity index (χ1) is 4.86. The molecule has 1 N–H and O–H groups in total. The van der Waals surface area contributed by atoms with Crippen molar-refractivity contribution < 1.29 is 0 Å². The van der Waals surface area contributed by atoms with Crippen LogP contribution in [0.15, 0.2) is 22.6 Å². The quantitative estimate of drug-likeness (QED) is 0.600. The average molecular weight is 154 g/mol. The lowest BCUT2D eigenvalue weighted by molar-refractivity contribution is 0.795. The first-order valence-corrected chi connectivity index (χ1v) is 3.75. The van der Waals surface area contributed by atoms with Crippen LogP contribution in [0.1, 0.15) is 6.92 Å². The van der Waals surface area contributed by atoms with Crippen molar-refractivity contribution in [2.75, 3.05) is 5.43 Å². The van der Waals surface area contributed by atoms with Gasteiger partial charge in [-0.25, -0.2) is 4.68 Å². The lowest BCUT2D eigenvalue weighted by Gasteiger charge is -2.12. The van der Waals surface area contributed by atoms with E-state index in [0.717, 1.165) is 10.9 Å². The molecule has 2 rings (SSSR count). The number of fused-ring (bicyclic) bond motifs is 1. The highest BCUT2D eigenvalue weighted by Crippen LogP contribution is 2.20. The molecule has 0 amide bonds. The summed E-state index contributed by atoms with van der Waals surface area (Å²) < 4.78 is 1.79. The van der Waals surface area contributed by atoms with Gasteiger partial charge in [0.05, 0.1) is 0 Å². The molecule has 0 bridgehead atoms. The molecule has 0 saturated carbocycles. The second kappa shape index (κ2) is 2.02. The minimum absolute atomic E-state index is 0.880. The van der Waals surface area contributed by atoms with E-state index in [4.69, 9.17) is 0 Å². The minimum atomic E-state index is 0.880. The van der Waals surface area contributed by atoms with Crippen LogP contribution in [-0.2, 0) is 0 Å². The van der Waals surface area contributed by atoms with Crippen molar-refractivity contribution in [3.63, 3.8) is 0 Å². The number of aromatic nitrogens is 3. The van der Waals surface area contributed by atoms with E-state index < -0.39 is 0 Å². The van der Waals surface area contributed by atoms with Crippen LogP contribution in [0.3, 0.4) is 0 Å². The van der Waals surface area contributed by atoms with Crippen molar-refractivity contribution in [2.45, 2.75) is 12.1 Å². The van der Waals surface area contributed by atoms with Gasteiger partial charge in [-0.3, -0.25) is 5.43 Å². The number of thioether (sulfide) groups is 1. The van der Waals surface area contributed by atoms with Crippen molar-refractivity contribution >= 4 is 11.8 Å². The predicted molar refractivity (Wildman–Crippen MR) is 39.0 cm³/mol. The smallest absolute Gasteiger partial charge is 0.214 e. The van der Waals surface area contributed by atoms with Gasteiger partial charge in [0.1, 0.15) is 6.33 Å². The van der Waals surface area contributed by atoms with E-state index in [9.17, 15) is 0 Å². The van der Waals surface area contributed by atoms with E-state index in [0.29, 0.717) is 0 Å². The largest absolute Gasteiger partial charge is 0.295 e. The Hall–Kier alpha value is -0.970. The molecule has 0 unspecified atom stereocenters. The van der Waals surface area contributed by atoms with Crippen molar-refractivity contribution in [3.05, 3.63) is 17.4 Å². The van der Waals surface area contributed by atoms with Crippen LogP contribution in [0.2, 0.25) is 0 Å². The molecular formula is C5H6N4S. The van der Waals surface area contributed by atoms with E-state index in [1.807, 2.05) is 12.3 Å². The molecule has 2 heterocycles. The lowest BCUT2D eigenvalue weighted by Crippen LogP contribution is -2.14. The van der Waals surface area contributed by atoms with Gasteiger partial charge in [0.2, 0.25) is 5.16 Å². The van der Waals surface area contributed by atoms with Crippen LogP contribution in [0.25, 0.3) is 0 Å². The van der Waals surface area contributed by atoms with E-state index in [1.165, 1.54) is 0 Å². The third kappa shape index (κ3) is 0.786. The fraction of sp³-hybridized carbons (Fsp3) is 0.200. The molecule has 10 heavy (non-hydrogen) atoms. The fourth-order valence-electron chi connectivity index (χ4n) is 0.739. The zero-order valence-corrected chi connectivity index (χ0v) is 6.22. The summed E-state index contributed by atoms with van der Waals surface area (Å²) in [7, 11) is 0. The van der Waals surface area contributed by atoms with Gasteiger partial charge in [0, 0.05) is 5.70 Å². The summed E-state index contributed by atoms with van der Waals surface area (Å²) >= 11 is 1.57. The number of nitrogens with one attached hydrogen (secondary N) is 1. The normalized spacial score (nSPS) is 15.5. The summed E-state index contributed by atoms with van der Waals surface area (Å²) in [5, 5.41) is 10.5. The zero-order chi connectivity index (χ0) is 6.97. The molecule has 0 fully saturated rings. The summed E-state index contributed by atoms with van der Waals surface area (Å²) in [5.41, 5.74) is 4.18. The van der Waals surface area contributed by atoms with Gasteiger partial charge in [0.15, 0.2) is 0 Å². The number of rotatable bonds is 0. The number of allylic oxidation sites excluding steroid dienone is 1. The molecule has 0 aromatic carbocycles. The Morgan fingerprint density at radius 3 is 3.50 bits per heavy atom. The zero-order valence-electron chi connectivity index (χ0n) is 5.40. The number of nitrogens with zero attached hydrogens (tertiary/aromatic N) is 3. The molecule has 0 saturated heterocycles. The van der Waals surface area contributed by atoms with Crippen LogP contribution >= 0.6 is 11.8 Å². The Kier molecular flexibility index (Phi) is 1.17. The lowest BCUT2D eigenvalue weighted by atomic mass is 10.6. The van der Waals surface area contributed by atoms with Gasteiger partial charge in [-0.15, -0.1) is 10.2 Å². The second-order valence-electron chi connectivity index (χ2n) is 2.01. The van der Waals surface area contributed by atoms with Crippen LogP contribution in [0, 0.1) is 0 Å². The van der Waals surface area contributed by atoms with Gasteiger partial charge < -0.3 is 0 Å². The Morgan fingerprint density at radius 1 is 1.70 bits per heavy atom. The standard InChI is InChI=1S/C5H6N4S/c1-4-2-10-5-7-6-3-9(5)8-4/h2-3,8H,1H3. The first kappa shape index (κ1) is 5.79. The molecular weight excluding hydrogens is 148 g/mol. The van der Waals surface area contributed by atoms with Crippen molar-refractivity contribution in [2.24, 2.45) is 0 Å². The molecule has 4 nitrogen and oxygen atoms in total. The van der Waals surface area contributed by atoms with Gasteiger partial charge in [-0.1, -0.05) is 11.8 Å². The van der Waals surface area contributed by atoms with Gasteiger partial charge in [-0.2, -0.15) is 0 Å². The minimum Gasteiger partial charge on any atom is -0.295 e. The van der Waals surface area contributed by atoms with Crippen molar-refractivity contribution in [1.82, 2.24) is 14.9 Å². The van der Waals surface area contributed by atoms with E-state index >= 15 is 0 Å². The molecule has 52 valence electrons. The van der Waals surface area contributed by atoms with Gasteiger partial charge >= 0.3 is 0 Å². The topological polar surface area (TPSA) is 42.7 Å². The maximum absolute atomic E-state index is 3.86. The number of hydrogen-bond donors (Lipinski definition) is 1. The summed E-state index contributed by atoms with van der Waals surface area (Å²) in [5.74, 6) is 0. The molecule has 1 aromatic rings. The Morgan fingerprint density at radius 2 is 2.60 bits per heavy atom. The molecule has 5 heteroatoms. The maximum Gasteiger partial charge on any atom is 0.214 e. The molecule has 0 spiro atoms. The molecule has 1 aromatic heterocycles. The Balaban J connectivity index is 2.39. The fourth-order valence-corrected chi connectivity index (χ4v) is 1.37. The third-order valence-electron chi connectivity index (χ3n) is 1.15. The monoisotopic (exact) mass is 154 g/mol. The Labute approximate surface area is 62.3 Å². The molecule has 1 aliphatic heterocycles. The molecule has 0 atom stereocenters. The Bertz CT molecular complexity index is 277. The van der Waals surface area contributed by atoms with Gasteiger partial charge in [-0.05, 0) is 12.3 Å². The highest BCUT2D eigenvalue weighted by Gasteiger charge is 2.07. The highest BCUT2D eigenvalue weighted by molar-refractivity contribution is 8.02. The molecule has 0 aliphatic carbocycles. The summed E-state index contributed by atoms with van der Waals surface area (Å²) in [6, 6.07) is 0. The van der Waals surface area contributed by atoms with Crippen molar-refractivity contribution in [3.8, 4) is 0 Å². The maximum atomic E-state index is 3.86.